The number of aromatic nitrogens is 1. The zero-order valence-corrected chi connectivity index (χ0v) is 12.5. The number of rotatable bonds is 4. The maximum absolute atomic E-state index is 11.1. The fourth-order valence-corrected chi connectivity index (χ4v) is 3.79. The molecule has 1 aromatic heterocycles. The quantitative estimate of drug-likeness (QED) is 0.779. The first kappa shape index (κ1) is 13.5. The van der Waals surface area contributed by atoms with E-state index in [1.807, 2.05) is 0 Å². The molecule has 1 atom stereocenters. The van der Waals surface area contributed by atoms with Crippen molar-refractivity contribution in [1.29, 1.82) is 0 Å². The lowest BCUT2D eigenvalue weighted by molar-refractivity contribution is 0.112. The molecule has 0 N–H and O–H groups in total. The SMILES string of the molecule is CC(C)c1nc(N2CCCC2C(C)C)sc1C=O. The number of carbonyl (C=O) groups is 1. The summed E-state index contributed by atoms with van der Waals surface area (Å²) < 4.78 is 0. The largest absolute Gasteiger partial charge is 0.345 e. The smallest absolute Gasteiger partial charge is 0.186 e. The summed E-state index contributed by atoms with van der Waals surface area (Å²) in [6.07, 6.45) is 3.43. The Morgan fingerprint density at radius 2 is 2.11 bits per heavy atom. The van der Waals surface area contributed by atoms with Crippen molar-refractivity contribution in [3.63, 3.8) is 0 Å². The number of thiazole rings is 1. The van der Waals surface area contributed by atoms with Crippen molar-refractivity contribution in [2.75, 3.05) is 11.4 Å². The van der Waals surface area contributed by atoms with Crippen molar-refractivity contribution in [1.82, 2.24) is 4.98 Å². The Morgan fingerprint density at radius 1 is 1.39 bits per heavy atom. The van der Waals surface area contributed by atoms with E-state index in [1.165, 1.54) is 12.8 Å². The molecule has 3 nitrogen and oxygen atoms in total. The van der Waals surface area contributed by atoms with Crippen LogP contribution in [0.1, 0.15) is 61.8 Å². The second kappa shape index (κ2) is 5.39. The molecule has 1 aliphatic rings. The van der Waals surface area contributed by atoms with Gasteiger partial charge in [-0.3, -0.25) is 4.79 Å². The zero-order valence-electron chi connectivity index (χ0n) is 11.6. The van der Waals surface area contributed by atoms with Crippen molar-refractivity contribution in [2.45, 2.75) is 52.5 Å². The number of aldehydes is 1. The number of anilines is 1. The average Bonchev–Trinajstić information content (AvgIpc) is 2.94. The van der Waals surface area contributed by atoms with Crippen LogP contribution in [0.3, 0.4) is 0 Å². The molecule has 2 rings (SSSR count). The second-order valence-corrected chi connectivity index (χ2v) is 6.67. The van der Waals surface area contributed by atoms with Crippen LogP contribution in [0.2, 0.25) is 0 Å². The summed E-state index contributed by atoms with van der Waals surface area (Å²) in [7, 11) is 0. The molecule has 0 aliphatic carbocycles. The first-order chi connectivity index (χ1) is 8.54. The van der Waals surface area contributed by atoms with Crippen LogP contribution in [0.15, 0.2) is 0 Å². The van der Waals surface area contributed by atoms with Crippen LogP contribution in [-0.2, 0) is 0 Å². The van der Waals surface area contributed by atoms with E-state index in [0.717, 1.165) is 28.5 Å². The minimum Gasteiger partial charge on any atom is -0.345 e. The fraction of sp³-hybridized carbons (Fsp3) is 0.714. The minimum atomic E-state index is 0.315. The minimum absolute atomic E-state index is 0.315. The van der Waals surface area contributed by atoms with E-state index in [2.05, 4.69) is 32.6 Å². The lowest BCUT2D eigenvalue weighted by Crippen LogP contribution is -2.33. The van der Waals surface area contributed by atoms with Gasteiger partial charge in [0.15, 0.2) is 11.4 Å². The summed E-state index contributed by atoms with van der Waals surface area (Å²) in [5.74, 6) is 0.953. The lowest BCUT2D eigenvalue weighted by Gasteiger charge is -2.27. The fourth-order valence-electron chi connectivity index (χ4n) is 2.68. The maximum atomic E-state index is 11.1. The maximum Gasteiger partial charge on any atom is 0.186 e. The number of carbonyl (C=O) groups excluding carboxylic acids is 1. The van der Waals surface area contributed by atoms with Crippen LogP contribution in [-0.4, -0.2) is 23.9 Å². The van der Waals surface area contributed by atoms with Crippen LogP contribution < -0.4 is 4.90 Å². The van der Waals surface area contributed by atoms with Crippen LogP contribution in [0.5, 0.6) is 0 Å². The number of hydrogen-bond acceptors (Lipinski definition) is 4. The summed E-state index contributed by atoms with van der Waals surface area (Å²) in [5.41, 5.74) is 0.958. The highest BCUT2D eigenvalue weighted by Gasteiger charge is 2.30. The van der Waals surface area contributed by atoms with E-state index in [0.29, 0.717) is 17.9 Å². The topological polar surface area (TPSA) is 33.2 Å². The highest BCUT2D eigenvalue weighted by Crippen LogP contribution is 2.35. The predicted molar refractivity (Wildman–Crippen MR) is 76.8 cm³/mol. The van der Waals surface area contributed by atoms with Gasteiger partial charge in [0, 0.05) is 12.6 Å². The lowest BCUT2D eigenvalue weighted by atomic mass is 10.0. The first-order valence-electron chi connectivity index (χ1n) is 6.77. The van der Waals surface area contributed by atoms with Gasteiger partial charge in [0.2, 0.25) is 0 Å². The summed E-state index contributed by atoms with van der Waals surface area (Å²) in [4.78, 5) is 19.0. The Hall–Kier alpha value is -0.900. The van der Waals surface area contributed by atoms with E-state index in [9.17, 15) is 4.79 Å². The van der Waals surface area contributed by atoms with Crippen LogP contribution in [0.25, 0.3) is 0 Å². The molecule has 18 heavy (non-hydrogen) atoms. The van der Waals surface area contributed by atoms with Crippen LogP contribution >= 0.6 is 11.3 Å². The first-order valence-corrected chi connectivity index (χ1v) is 7.58. The molecule has 1 saturated heterocycles. The molecule has 1 unspecified atom stereocenters. The van der Waals surface area contributed by atoms with E-state index in [4.69, 9.17) is 4.98 Å². The third kappa shape index (κ3) is 2.44. The third-order valence-electron chi connectivity index (χ3n) is 3.64. The Kier molecular flexibility index (Phi) is 4.05. The molecule has 0 bridgehead atoms. The van der Waals surface area contributed by atoms with Gasteiger partial charge in [0.25, 0.3) is 0 Å². The van der Waals surface area contributed by atoms with Crippen LogP contribution in [0, 0.1) is 5.92 Å². The Bertz CT molecular complexity index is 425. The molecular weight excluding hydrogens is 244 g/mol. The highest BCUT2D eigenvalue weighted by molar-refractivity contribution is 7.17. The number of hydrogen-bond donors (Lipinski definition) is 0. The number of nitrogens with zero attached hydrogens (tertiary/aromatic N) is 2. The van der Waals surface area contributed by atoms with Crippen LogP contribution in [0.4, 0.5) is 5.13 Å². The van der Waals surface area contributed by atoms with Gasteiger partial charge in [-0.1, -0.05) is 39.0 Å². The van der Waals surface area contributed by atoms with E-state index >= 15 is 0 Å². The molecule has 0 radical (unpaired) electrons. The van der Waals surface area contributed by atoms with Gasteiger partial charge in [-0.25, -0.2) is 4.98 Å². The Labute approximate surface area is 113 Å². The van der Waals surface area contributed by atoms with Crippen molar-refractivity contribution in [2.24, 2.45) is 5.92 Å². The summed E-state index contributed by atoms with van der Waals surface area (Å²) in [5, 5.41) is 1.04. The molecule has 1 aliphatic heterocycles. The van der Waals surface area contributed by atoms with Gasteiger partial charge >= 0.3 is 0 Å². The van der Waals surface area contributed by atoms with E-state index < -0.39 is 0 Å². The molecule has 0 amide bonds. The molecule has 100 valence electrons. The molecule has 0 spiro atoms. The zero-order chi connectivity index (χ0) is 13.3. The molecule has 0 saturated carbocycles. The molecule has 4 heteroatoms. The van der Waals surface area contributed by atoms with Crippen molar-refractivity contribution < 1.29 is 4.79 Å². The normalized spacial score (nSPS) is 20.1. The van der Waals surface area contributed by atoms with Crippen molar-refractivity contribution in [3.8, 4) is 0 Å². The van der Waals surface area contributed by atoms with Crippen molar-refractivity contribution in [3.05, 3.63) is 10.6 Å². The highest BCUT2D eigenvalue weighted by atomic mass is 32.1. The van der Waals surface area contributed by atoms with E-state index in [1.54, 1.807) is 11.3 Å². The average molecular weight is 266 g/mol. The monoisotopic (exact) mass is 266 g/mol. The summed E-state index contributed by atoms with van der Waals surface area (Å²) in [6.45, 7) is 9.79. The standard InChI is InChI=1S/C14H22N2OS/c1-9(2)11-6-5-7-16(11)14-15-13(10(3)4)12(8-17)18-14/h8-11H,5-7H2,1-4H3. The third-order valence-corrected chi connectivity index (χ3v) is 4.67. The summed E-state index contributed by atoms with van der Waals surface area (Å²) in [6, 6.07) is 0.579. The van der Waals surface area contributed by atoms with Gasteiger partial charge in [-0.05, 0) is 24.7 Å². The molecule has 0 aromatic carbocycles. The Balaban J connectivity index is 2.30. The molecule has 1 aromatic rings. The van der Waals surface area contributed by atoms with E-state index in [-0.39, 0.29) is 0 Å². The Morgan fingerprint density at radius 3 is 2.61 bits per heavy atom. The van der Waals surface area contributed by atoms with Gasteiger partial charge in [0.05, 0.1) is 10.6 Å². The van der Waals surface area contributed by atoms with Gasteiger partial charge < -0.3 is 4.90 Å². The van der Waals surface area contributed by atoms with Gasteiger partial charge in [0.1, 0.15) is 0 Å². The predicted octanol–water partition coefficient (Wildman–Crippen LogP) is 3.70. The summed E-state index contributed by atoms with van der Waals surface area (Å²) >= 11 is 1.55. The molecule has 2 heterocycles. The van der Waals surface area contributed by atoms with Crippen molar-refractivity contribution >= 4 is 22.8 Å². The molecule has 1 fully saturated rings. The molecular formula is C14H22N2OS. The van der Waals surface area contributed by atoms with Gasteiger partial charge in [-0.2, -0.15) is 0 Å². The van der Waals surface area contributed by atoms with Gasteiger partial charge in [-0.15, -0.1) is 0 Å². The second-order valence-electron chi connectivity index (χ2n) is 5.67.